The van der Waals surface area contributed by atoms with E-state index < -0.39 is 17.7 Å². The Balaban J connectivity index is 1.63. The van der Waals surface area contributed by atoms with Gasteiger partial charge >= 0.3 is 0 Å². The summed E-state index contributed by atoms with van der Waals surface area (Å²) in [4.78, 5) is 30.8. The van der Waals surface area contributed by atoms with E-state index in [1.807, 2.05) is 62.4 Å². The Morgan fingerprint density at radius 3 is 2.45 bits per heavy atom. The normalized spacial score (nSPS) is 18.0. The standard InChI is InChI=1S/C32H34N2O4/c1-5-33(6-2)26-12-9-22(10-13-26)29-28(30(35)24-11-14-27-23(18-24)15-16-38-27)31(36)32(37)34(29)19-25-17-20(3)7-8-21(25)4/h7-14,17-18,29,35H,5-6,15-16,19H2,1-4H3/b30-28-. The highest BCUT2D eigenvalue weighted by Gasteiger charge is 2.46. The Hall–Kier alpha value is -4.06. The molecule has 2 aliphatic heterocycles. The van der Waals surface area contributed by atoms with E-state index in [0.717, 1.165) is 58.8 Å². The number of rotatable bonds is 7. The third-order valence-corrected chi connectivity index (χ3v) is 7.69. The Kier molecular flexibility index (Phi) is 6.98. The van der Waals surface area contributed by atoms with Crippen LogP contribution in [0.2, 0.25) is 0 Å². The summed E-state index contributed by atoms with van der Waals surface area (Å²) in [6.07, 6.45) is 0.744. The van der Waals surface area contributed by atoms with Gasteiger partial charge in [-0.15, -0.1) is 0 Å². The maximum atomic E-state index is 13.5. The molecule has 0 aliphatic carbocycles. The molecular weight excluding hydrogens is 476 g/mol. The van der Waals surface area contributed by atoms with Crippen molar-refractivity contribution in [2.75, 3.05) is 24.6 Å². The fraction of sp³-hybridized carbons (Fsp3) is 0.312. The number of benzene rings is 3. The van der Waals surface area contributed by atoms with Crippen LogP contribution in [-0.4, -0.2) is 41.4 Å². The zero-order valence-corrected chi connectivity index (χ0v) is 22.5. The fourth-order valence-corrected chi connectivity index (χ4v) is 5.49. The van der Waals surface area contributed by atoms with Crippen LogP contribution in [0.4, 0.5) is 5.69 Å². The zero-order chi connectivity index (χ0) is 27.0. The minimum absolute atomic E-state index is 0.120. The number of hydrogen-bond acceptors (Lipinski definition) is 5. The zero-order valence-electron chi connectivity index (χ0n) is 22.5. The molecule has 1 N–H and O–H groups in total. The van der Waals surface area contributed by atoms with Gasteiger partial charge in [0, 0.05) is 37.3 Å². The van der Waals surface area contributed by atoms with Crippen molar-refractivity contribution >= 4 is 23.1 Å². The van der Waals surface area contributed by atoms with Crippen molar-refractivity contribution < 1.29 is 19.4 Å². The van der Waals surface area contributed by atoms with Gasteiger partial charge in [0.25, 0.3) is 11.7 Å². The first-order valence-electron chi connectivity index (χ1n) is 13.3. The van der Waals surface area contributed by atoms with Crippen LogP contribution in [0.1, 0.15) is 53.3 Å². The number of aliphatic hydroxyl groups is 1. The Morgan fingerprint density at radius 1 is 1.00 bits per heavy atom. The summed E-state index contributed by atoms with van der Waals surface area (Å²) in [7, 11) is 0. The number of hydrogen-bond donors (Lipinski definition) is 1. The van der Waals surface area contributed by atoms with E-state index in [1.54, 1.807) is 11.0 Å². The summed E-state index contributed by atoms with van der Waals surface area (Å²) in [5.74, 6) is -0.628. The molecule has 1 saturated heterocycles. The second-order valence-electron chi connectivity index (χ2n) is 10.0. The summed E-state index contributed by atoms with van der Waals surface area (Å²) in [5, 5.41) is 11.5. The molecule has 5 rings (SSSR count). The minimum atomic E-state index is -0.704. The number of likely N-dealkylation sites (tertiary alicyclic amines) is 1. The summed E-state index contributed by atoms with van der Waals surface area (Å²) < 4.78 is 5.61. The molecule has 6 heteroatoms. The second kappa shape index (κ2) is 10.4. The van der Waals surface area contributed by atoms with E-state index in [2.05, 4.69) is 24.8 Å². The summed E-state index contributed by atoms with van der Waals surface area (Å²) >= 11 is 0. The van der Waals surface area contributed by atoms with E-state index in [0.29, 0.717) is 12.2 Å². The molecule has 0 bridgehead atoms. The lowest BCUT2D eigenvalue weighted by atomic mass is 9.94. The van der Waals surface area contributed by atoms with Gasteiger partial charge in [0.2, 0.25) is 0 Å². The van der Waals surface area contributed by atoms with E-state index in [-0.39, 0.29) is 17.9 Å². The summed E-state index contributed by atoms with van der Waals surface area (Å²) in [5.41, 5.74) is 6.60. The molecule has 1 fully saturated rings. The summed E-state index contributed by atoms with van der Waals surface area (Å²) in [6, 6.07) is 18.8. The average Bonchev–Trinajstić information content (AvgIpc) is 3.49. The molecule has 1 amide bonds. The topological polar surface area (TPSA) is 70.1 Å². The van der Waals surface area contributed by atoms with E-state index in [1.165, 1.54) is 0 Å². The third-order valence-electron chi connectivity index (χ3n) is 7.69. The van der Waals surface area contributed by atoms with Gasteiger partial charge in [0.1, 0.15) is 11.5 Å². The van der Waals surface area contributed by atoms with Crippen LogP contribution in [0.3, 0.4) is 0 Å². The number of Topliss-reactive ketones (excluding diaryl/α,β-unsaturated/α-hetero) is 1. The van der Waals surface area contributed by atoms with Gasteiger partial charge < -0.3 is 19.6 Å². The van der Waals surface area contributed by atoms with Crippen LogP contribution in [0.5, 0.6) is 5.75 Å². The molecule has 0 spiro atoms. The predicted molar refractivity (Wildman–Crippen MR) is 149 cm³/mol. The number of carbonyl (C=O) groups is 2. The van der Waals surface area contributed by atoms with Crippen molar-refractivity contribution in [3.8, 4) is 5.75 Å². The number of aliphatic hydroxyl groups excluding tert-OH is 1. The van der Waals surface area contributed by atoms with Crippen LogP contribution in [0.25, 0.3) is 5.76 Å². The van der Waals surface area contributed by atoms with Crippen molar-refractivity contribution in [1.82, 2.24) is 4.90 Å². The van der Waals surface area contributed by atoms with E-state index in [9.17, 15) is 14.7 Å². The average molecular weight is 511 g/mol. The van der Waals surface area contributed by atoms with Crippen molar-refractivity contribution in [1.29, 1.82) is 0 Å². The molecular formula is C32H34N2O4. The number of ether oxygens (including phenoxy) is 1. The van der Waals surface area contributed by atoms with Gasteiger partial charge in [0.05, 0.1) is 18.2 Å². The van der Waals surface area contributed by atoms with Crippen LogP contribution in [-0.2, 0) is 22.6 Å². The van der Waals surface area contributed by atoms with Crippen LogP contribution in [0, 0.1) is 13.8 Å². The maximum Gasteiger partial charge on any atom is 0.295 e. The van der Waals surface area contributed by atoms with Crippen LogP contribution >= 0.6 is 0 Å². The highest BCUT2D eigenvalue weighted by atomic mass is 16.5. The molecule has 0 saturated carbocycles. The lowest BCUT2D eigenvalue weighted by Crippen LogP contribution is -2.29. The van der Waals surface area contributed by atoms with E-state index >= 15 is 0 Å². The van der Waals surface area contributed by atoms with Crippen LogP contribution < -0.4 is 9.64 Å². The molecule has 2 heterocycles. The molecule has 196 valence electrons. The number of fused-ring (bicyclic) bond motifs is 1. The van der Waals surface area contributed by atoms with Gasteiger partial charge in [-0.2, -0.15) is 0 Å². The Labute approximate surface area is 224 Å². The molecule has 0 aromatic heterocycles. The minimum Gasteiger partial charge on any atom is -0.507 e. The van der Waals surface area contributed by atoms with Crippen molar-refractivity contribution in [3.05, 3.63) is 99.6 Å². The van der Waals surface area contributed by atoms with Gasteiger partial charge in [-0.25, -0.2) is 0 Å². The predicted octanol–water partition coefficient (Wildman–Crippen LogP) is 5.71. The van der Waals surface area contributed by atoms with E-state index in [4.69, 9.17) is 4.74 Å². The van der Waals surface area contributed by atoms with Crippen molar-refractivity contribution in [3.63, 3.8) is 0 Å². The van der Waals surface area contributed by atoms with Crippen LogP contribution in [0.15, 0.2) is 66.2 Å². The first-order chi connectivity index (χ1) is 18.3. The van der Waals surface area contributed by atoms with Gasteiger partial charge in [-0.1, -0.05) is 35.9 Å². The molecule has 2 aliphatic rings. The SMILES string of the molecule is CCN(CC)c1ccc(C2/C(=C(/O)c3ccc4c(c3)CCO4)C(=O)C(=O)N2Cc2cc(C)ccc2C)cc1. The van der Waals surface area contributed by atoms with Crippen molar-refractivity contribution in [2.24, 2.45) is 0 Å². The largest absolute Gasteiger partial charge is 0.507 e. The lowest BCUT2D eigenvalue weighted by Gasteiger charge is -2.27. The lowest BCUT2D eigenvalue weighted by molar-refractivity contribution is -0.140. The molecule has 3 aromatic carbocycles. The maximum absolute atomic E-state index is 13.5. The number of aryl methyl sites for hydroxylation is 2. The molecule has 1 unspecified atom stereocenters. The molecule has 3 aromatic rings. The first-order valence-corrected chi connectivity index (χ1v) is 13.3. The summed E-state index contributed by atoms with van der Waals surface area (Å²) in [6.45, 7) is 10.9. The Morgan fingerprint density at radius 2 is 1.74 bits per heavy atom. The van der Waals surface area contributed by atoms with Crippen molar-refractivity contribution in [2.45, 2.75) is 46.7 Å². The first kappa shape index (κ1) is 25.6. The highest BCUT2D eigenvalue weighted by Crippen LogP contribution is 2.41. The number of amides is 1. The quantitative estimate of drug-likeness (QED) is 0.251. The number of carbonyl (C=O) groups excluding carboxylic acids is 2. The van der Waals surface area contributed by atoms with Gasteiger partial charge in [-0.05, 0) is 80.3 Å². The second-order valence-corrected chi connectivity index (χ2v) is 10.0. The number of ketones is 1. The number of anilines is 1. The third kappa shape index (κ3) is 4.55. The molecule has 1 atom stereocenters. The Bertz CT molecular complexity index is 1420. The van der Waals surface area contributed by atoms with Gasteiger partial charge in [-0.3, -0.25) is 9.59 Å². The fourth-order valence-electron chi connectivity index (χ4n) is 5.49. The monoisotopic (exact) mass is 510 g/mol. The van der Waals surface area contributed by atoms with Gasteiger partial charge in [0.15, 0.2) is 0 Å². The smallest absolute Gasteiger partial charge is 0.295 e. The molecule has 38 heavy (non-hydrogen) atoms. The number of nitrogens with zero attached hydrogens (tertiary/aromatic N) is 2. The highest BCUT2D eigenvalue weighted by molar-refractivity contribution is 6.46. The molecule has 0 radical (unpaired) electrons. The molecule has 6 nitrogen and oxygen atoms in total.